The lowest BCUT2D eigenvalue weighted by molar-refractivity contribution is -0.127. The summed E-state index contributed by atoms with van der Waals surface area (Å²) in [4.78, 5) is 37.4. The summed E-state index contributed by atoms with van der Waals surface area (Å²) in [5, 5.41) is 5.94. The van der Waals surface area contributed by atoms with Gasteiger partial charge in [-0.05, 0) is 51.1 Å². The number of benzene rings is 1. The van der Waals surface area contributed by atoms with E-state index in [1.54, 1.807) is 36.1 Å². The molecule has 0 bridgehead atoms. The standard InChI is InChI=1S/C18H23N3O3/c1-13(18(24)21-10-3-8-19-9-11-21)12-17(23)20-16-6-4-15(5-7-16)14(2)22/h4-7,12,19H,3,8-11H2,1-2H3,(H,20,23)/b13-12-. The maximum absolute atomic E-state index is 12.4. The third-order valence-electron chi connectivity index (χ3n) is 3.87. The lowest BCUT2D eigenvalue weighted by atomic mass is 10.1. The molecule has 1 heterocycles. The molecular formula is C18H23N3O3. The summed E-state index contributed by atoms with van der Waals surface area (Å²) in [5.74, 6) is -0.494. The van der Waals surface area contributed by atoms with E-state index in [1.165, 1.54) is 13.0 Å². The maximum Gasteiger partial charge on any atom is 0.249 e. The van der Waals surface area contributed by atoms with Crippen LogP contribution in [0.3, 0.4) is 0 Å². The molecule has 24 heavy (non-hydrogen) atoms. The molecule has 6 heteroatoms. The minimum atomic E-state index is -0.357. The number of nitrogens with zero attached hydrogens (tertiary/aromatic N) is 1. The average Bonchev–Trinajstić information content (AvgIpc) is 2.83. The second-order valence-corrected chi connectivity index (χ2v) is 5.85. The SMILES string of the molecule is CC(=O)c1ccc(NC(=O)/C=C(/C)C(=O)N2CCCNCC2)cc1. The van der Waals surface area contributed by atoms with Crippen molar-refractivity contribution in [2.45, 2.75) is 20.3 Å². The van der Waals surface area contributed by atoms with Crippen LogP contribution >= 0.6 is 0 Å². The fourth-order valence-corrected chi connectivity index (χ4v) is 2.52. The molecule has 2 rings (SSSR count). The van der Waals surface area contributed by atoms with Crippen LogP contribution in [0.4, 0.5) is 5.69 Å². The van der Waals surface area contributed by atoms with E-state index in [0.29, 0.717) is 29.9 Å². The highest BCUT2D eigenvalue weighted by Gasteiger charge is 2.17. The number of rotatable bonds is 4. The van der Waals surface area contributed by atoms with E-state index in [2.05, 4.69) is 10.6 Å². The molecule has 1 saturated heterocycles. The lowest BCUT2D eigenvalue weighted by Crippen LogP contribution is -2.35. The Bertz CT molecular complexity index is 642. The van der Waals surface area contributed by atoms with Gasteiger partial charge in [0.25, 0.3) is 0 Å². The fraction of sp³-hybridized carbons (Fsp3) is 0.389. The van der Waals surface area contributed by atoms with Gasteiger partial charge in [-0.25, -0.2) is 0 Å². The summed E-state index contributed by atoms with van der Waals surface area (Å²) < 4.78 is 0. The number of amides is 2. The summed E-state index contributed by atoms with van der Waals surface area (Å²) in [6.07, 6.45) is 2.23. The number of anilines is 1. The first-order valence-electron chi connectivity index (χ1n) is 8.07. The fourth-order valence-electron chi connectivity index (χ4n) is 2.52. The summed E-state index contributed by atoms with van der Waals surface area (Å²) in [7, 11) is 0. The molecule has 1 aromatic rings. The molecule has 0 saturated carbocycles. The summed E-state index contributed by atoms with van der Waals surface area (Å²) in [5.41, 5.74) is 1.58. The molecular weight excluding hydrogens is 306 g/mol. The zero-order valence-electron chi connectivity index (χ0n) is 14.1. The number of Topliss-reactive ketones (excluding diaryl/α,β-unsaturated/α-hetero) is 1. The van der Waals surface area contributed by atoms with Gasteiger partial charge in [0.05, 0.1) is 0 Å². The Labute approximate surface area is 141 Å². The molecule has 1 fully saturated rings. The zero-order chi connectivity index (χ0) is 17.5. The van der Waals surface area contributed by atoms with E-state index in [4.69, 9.17) is 0 Å². The van der Waals surface area contributed by atoms with E-state index in [9.17, 15) is 14.4 Å². The summed E-state index contributed by atoms with van der Waals surface area (Å²) >= 11 is 0. The van der Waals surface area contributed by atoms with Crippen LogP contribution in [0, 0.1) is 0 Å². The molecule has 0 spiro atoms. The number of hydrogen-bond acceptors (Lipinski definition) is 4. The normalized spacial score (nSPS) is 15.6. The van der Waals surface area contributed by atoms with Gasteiger partial charge < -0.3 is 15.5 Å². The Hall–Kier alpha value is -2.47. The zero-order valence-corrected chi connectivity index (χ0v) is 14.1. The van der Waals surface area contributed by atoms with Crippen LogP contribution in [0.2, 0.25) is 0 Å². The topological polar surface area (TPSA) is 78.5 Å². The minimum absolute atomic E-state index is 0.0267. The van der Waals surface area contributed by atoms with Crippen LogP contribution in [-0.2, 0) is 9.59 Å². The molecule has 2 amide bonds. The molecule has 0 atom stereocenters. The van der Waals surface area contributed by atoms with Crippen molar-refractivity contribution in [1.29, 1.82) is 0 Å². The van der Waals surface area contributed by atoms with Crippen molar-refractivity contribution >= 4 is 23.3 Å². The number of ketones is 1. The Morgan fingerprint density at radius 2 is 1.79 bits per heavy atom. The molecule has 1 aliphatic heterocycles. The molecule has 0 radical (unpaired) electrons. The Kier molecular flexibility index (Phi) is 6.26. The largest absolute Gasteiger partial charge is 0.338 e. The van der Waals surface area contributed by atoms with Crippen LogP contribution in [0.25, 0.3) is 0 Å². The van der Waals surface area contributed by atoms with Gasteiger partial charge in [0.2, 0.25) is 11.8 Å². The van der Waals surface area contributed by atoms with Gasteiger partial charge in [0, 0.05) is 42.5 Å². The van der Waals surface area contributed by atoms with Crippen LogP contribution in [0.1, 0.15) is 30.6 Å². The lowest BCUT2D eigenvalue weighted by Gasteiger charge is -2.20. The van der Waals surface area contributed by atoms with Crippen molar-refractivity contribution in [3.05, 3.63) is 41.5 Å². The highest BCUT2D eigenvalue weighted by atomic mass is 16.2. The van der Waals surface area contributed by atoms with E-state index >= 15 is 0 Å². The quantitative estimate of drug-likeness (QED) is 0.650. The van der Waals surface area contributed by atoms with Gasteiger partial charge in [-0.1, -0.05) is 0 Å². The number of carbonyl (C=O) groups is 3. The minimum Gasteiger partial charge on any atom is -0.338 e. The molecule has 1 aromatic carbocycles. The van der Waals surface area contributed by atoms with Crippen LogP contribution in [0.15, 0.2) is 35.9 Å². The molecule has 2 N–H and O–H groups in total. The first-order chi connectivity index (χ1) is 11.5. The van der Waals surface area contributed by atoms with Gasteiger partial charge in [0.1, 0.15) is 0 Å². The molecule has 0 aromatic heterocycles. The molecule has 0 aliphatic carbocycles. The molecule has 128 valence electrons. The maximum atomic E-state index is 12.4. The third kappa shape index (κ3) is 5.03. The third-order valence-corrected chi connectivity index (χ3v) is 3.87. The highest BCUT2D eigenvalue weighted by Crippen LogP contribution is 2.11. The van der Waals surface area contributed by atoms with Crippen molar-refractivity contribution in [2.24, 2.45) is 0 Å². The molecule has 1 aliphatic rings. The van der Waals surface area contributed by atoms with Crippen molar-refractivity contribution in [2.75, 3.05) is 31.5 Å². The van der Waals surface area contributed by atoms with E-state index in [1.807, 2.05) is 0 Å². The molecule has 6 nitrogen and oxygen atoms in total. The van der Waals surface area contributed by atoms with Gasteiger partial charge in [-0.2, -0.15) is 0 Å². The van der Waals surface area contributed by atoms with Crippen molar-refractivity contribution in [1.82, 2.24) is 10.2 Å². The smallest absolute Gasteiger partial charge is 0.249 e. The van der Waals surface area contributed by atoms with Gasteiger partial charge >= 0.3 is 0 Å². The predicted molar refractivity (Wildman–Crippen MR) is 92.9 cm³/mol. The first-order valence-corrected chi connectivity index (χ1v) is 8.07. The monoisotopic (exact) mass is 329 g/mol. The highest BCUT2D eigenvalue weighted by molar-refractivity contribution is 6.06. The predicted octanol–water partition coefficient (Wildman–Crippen LogP) is 1.60. The number of carbonyl (C=O) groups excluding carboxylic acids is 3. The van der Waals surface area contributed by atoms with Crippen LogP contribution in [-0.4, -0.2) is 48.7 Å². The Balaban J connectivity index is 1.97. The van der Waals surface area contributed by atoms with E-state index < -0.39 is 0 Å². The van der Waals surface area contributed by atoms with E-state index in [-0.39, 0.29) is 17.6 Å². The van der Waals surface area contributed by atoms with Crippen molar-refractivity contribution in [3.63, 3.8) is 0 Å². The van der Waals surface area contributed by atoms with Crippen molar-refractivity contribution < 1.29 is 14.4 Å². The Morgan fingerprint density at radius 1 is 1.08 bits per heavy atom. The van der Waals surface area contributed by atoms with Gasteiger partial charge in [-0.3, -0.25) is 14.4 Å². The number of nitrogens with one attached hydrogen (secondary N) is 2. The average molecular weight is 329 g/mol. The van der Waals surface area contributed by atoms with E-state index in [0.717, 1.165) is 19.5 Å². The van der Waals surface area contributed by atoms with Gasteiger partial charge in [-0.15, -0.1) is 0 Å². The van der Waals surface area contributed by atoms with Crippen molar-refractivity contribution in [3.8, 4) is 0 Å². The van der Waals surface area contributed by atoms with Crippen LogP contribution in [0.5, 0.6) is 0 Å². The second-order valence-electron chi connectivity index (χ2n) is 5.85. The summed E-state index contributed by atoms with van der Waals surface area (Å²) in [6, 6.07) is 6.65. The van der Waals surface area contributed by atoms with Crippen LogP contribution < -0.4 is 10.6 Å². The number of hydrogen-bond donors (Lipinski definition) is 2. The molecule has 0 unspecified atom stereocenters. The second kappa shape index (κ2) is 8.40. The Morgan fingerprint density at radius 3 is 2.46 bits per heavy atom. The summed E-state index contributed by atoms with van der Waals surface area (Å²) in [6.45, 7) is 6.17. The first kappa shape index (κ1) is 17.9. The van der Waals surface area contributed by atoms with Gasteiger partial charge in [0.15, 0.2) is 5.78 Å².